The zero-order valence-electron chi connectivity index (χ0n) is 18.7. The van der Waals surface area contributed by atoms with Crippen LogP contribution in [0.1, 0.15) is 22.9 Å². The van der Waals surface area contributed by atoms with Crippen molar-refractivity contribution in [1.29, 1.82) is 0 Å². The normalized spacial score (nSPS) is 11.8. The number of carboxylic acids is 1. The molecule has 0 saturated heterocycles. The summed E-state index contributed by atoms with van der Waals surface area (Å²) in [6.45, 7) is 4.68. The van der Waals surface area contributed by atoms with E-state index in [1.54, 1.807) is 32.5 Å². The first-order valence-electron chi connectivity index (χ1n) is 10.3. The van der Waals surface area contributed by atoms with Crippen molar-refractivity contribution in [1.82, 2.24) is 0 Å². The first kappa shape index (κ1) is 23.6. The standard InChI is InChI=1S/C25H28O6S/c1-5-30-22(25(26)27)13-17-6-9-19(10-7-17)31-15-24-16(2)12-23(32-24)18-8-11-20(28-3)21(14-18)29-4/h6-12,14,22H,5,13,15H2,1-4H3,(H,26,27)/t22-/m0/s1. The number of aliphatic carboxylic acids is 1. The molecule has 0 aliphatic carbocycles. The van der Waals surface area contributed by atoms with E-state index < -0.39 is 12.1 Å². The summed E-state index contributed by atoms with van der Waals surface area (Å²) in [6, 6.07) is 15.5. The van der Waals surface area contributed by atoms with E-state index in [1.807, 2.05) is 42.5 Å². The van der Waals surface area contributed by atoms with E-state index in [9.17, 15) is 9.90 Å². The molecule has 1 heterocycles. The van der Waals surface area contributed by atoms with Gasteiger partial charge in [0.25, 0.3) is 0 Å². The fourth-order valence-electron chi connectivity index (χ4n) is 3.30. The summed E-state index contributed by atoms with van der Waals surface area (Å²) in [5.41, 5.74) is 3.12. The predicted octanol–water partition coefficient (Wildman–Crippen LogP) is 5.35. The predicted molar refractivity (Wildman–Crippen MR) is 125 cm³/mol. The van der Waals surface area contributed by atoms with Gasteiger partial charge in [0.1, 0.15) is 12.4 Å². The minimum Gasteiger partial charge on any atom is -0.493 e. The van der Waals surface area contributed by atoms with Gasteiger partial charge in [0, 0.05) is 22.8 Å². The average molecular weight is 457 g/mol. The van der Waals surface area contributed by atoms with E-state index in [0.717, 1.165) is 32.2 Å². The molecule has 6 nitrogen and oxygen atoms in total. The van der Waals surface area contributed by atoms with Crippen LogP contribution in [0.25, 0.3) is 10.4 Å². The number of carboxylic acid groups (broad SMARTS) is 1. The summed E-state index contributed by atoms with van der Waals surface area (Å²) in [5.74, 6) is 1.18. The zero-order valence-corrected chi connectivity index (χ0v) is 19.5. The van der Waals surface area contributed by atoms with Gasteiger partial charge in [-0.1, -0.05) is 12.1 Å². The third-order valence-corrected chi connectivity index (χ3v) is 6.31. The minimum absolute atomic E-state index is 0.322. The number of hydrogen-bond donors (Lipinski definition) is 1. The summed E-state index contributed by atoms with van der Waals surface area (Å²) >= 11 is 1.68. The van der Waals surface area contributed by atoms with Crippen molar-refractivity contribution in [3.05, 3.63) is 64.5 Å². The molecule has 1 aromatic heterocycles. The highest BCUT2D eigenvalue weighted by Gasteiger charge is 2.18. The van der Waals surface area contributed by atoms with E-state index in [1.165, 1.54) is 0 Å². The third-order valence-electron chi connectivity index (χ3n) is 5.05. The van der Waals surface area contributed by atoms with E-state index in [4.69, 9.17) is 18.9 Å². The number of hydrogen-bond acceptors (Lipinski definition) is 6. The first-order chi connectivity index (χ1) is 15.4. The molecule has 1 atom stereocenters. The number of benzene rings is 2. The monoisotopic (exact) mass is 456 g/mol. The van der Waals surface area contributed by atoms with Gasteiger partial charge in [0.2, 0.25) is 0 Å². The summed E-state index contributed by atoms with van der Waals surface area (Å²) < 4.78 is 22.0. The first-order valence-corrected chi connectivity index (χ1v) is 11.1. The van der Waals surface area contributed by atoms with Gasteiger partial charge in [0.15, 0.2) is 17.6 Å². The van der Waals surface area contributed by atoms with Crippen LogP contribution >= 0.6 is 11.3 Å². The molecule has 32 heavy (non-hydrogen) atoms. The van der Waals surface area contributed by atoms with Crippen LogP contribution in [0.4, 0.5) is 0 Å². The van der Waals surface area contributed by atoms with E-state index in [2.05, 4.69) is 13.0 Å². The molecule has 0 unspecified atom stereocenters. The lowest BCUT2D eigenvalue weighted by Crippen LogP contribution is -2.26. The molecule has 0 amide bonds. The van der Waals surface area contributed by atoms with Crippen molar-refractivity contribution in [3.8, 4) is 27.7 Å². The fraction of sp³-hybridized carbons (Fsp3) is 0.320. The highest BCUT2D eigenvalue weighted by Crippen LogP contribution is 2.37. The van der Waals surface area contributed by atoms with Crippen molar-refractivity contribution in [2.45, 2.75) is 33.0 Å². The lowest BCUT2D eigenvalue weighted by atomic mass is 10.1. The van der Waals surface area contributed by atoms with Gasteiger partial charge in [-0.2, -0.15) is 0 Å². The van der Waals surface area contributed by atoms with E-state index in [0.29, 0.717) is 31.1 Å². The van der Waals surface area contributed by atoms with Gasteiger partial charge < -0.3 is 24.1 Å². The summed E-state index contributed by atoms with van der Waals surface area (Å²) in [4.78, 5) is 13.5. The van der Waals surface area contributed by atoms with E-state index in [-0.39, 0.29) is 0 Å². The van der Waals surface area contributed by atoms with Crippen LogP contribution in [0.15, 0.2) is 48.5 Å². The number of thiophene rings is 1. The van der Waals surface area contributed by atoms with Gasteiger partial charge in [-0.05, 0) is 66.9 Å². The van der Waals surface area contributed by atoms with Crippen LogP contribution in [0.2, 0.25) is 0 Å². The Labute approximate surface area is 192 Å². The topological polar surface area (TPSA) is 74.2 Å². The number of carbonyl (C=O) groups is 1. The maximum Gasteiger partial charge on any atom is 0.333 e. The van der Waals surface area contributed by atoms with Crippen LogP contribution in [0.3, 0.4) is 0 Å². The average Bonchev–Trinajstić information content (AvgIpc) is 3.18. The Morgan fingerprint density at radius 2 is 1.75 bits per heavy atom. The van der Waals surface area contributed by atoms with Crippen molar-refractivity contribution in [2.24, 2.45) is 0 Å². The molecule has 0 aliphatic heterocycles. The minimum atomic E-state index is -0.953. The van der Waals surface area contributed by atoms with Crippen LogP contribution in [0.5, 0.6) is 17.2 Å². The lowest BCUT2D eigenvalue weighted by Gasteiger charge is -2.13. The molecular formula is C25H28O6S. The Hall–Kier alpha value is -3.03. The Bertz CT molecular complexity index is 1040. The van der Waals surface area contributed by atoms with Gasteiger partial charge in [-0.15, -0.1) is 11.3 Å². The van der Waals surface area contributed by atoms with Gasteiger partial charge in [-0.3, -0.25) is 0 Å². The smallest absolute Gasteiger partial charge is 0.333 e. The van der Waals surface area contributed by atoms with Crippen molar-refractivity contribution >= 4 is 17.3 Å². The Morgan fingerprint density at radius 1 is 1.03 bits per heavy atom. The molecule has 0 bridgehead atoms. The molecule has 0 saturated carbocycles. The molecule has 170 valence electrons. The summed E-state index contributed by atoms with van der Waals surface area (Å²) in [5, 5.41) is 9.23. The van der Waals surface area contributed by atoms with Gasteiger partial charge in [0.05, 0.1) is 14.2 Å². The molecule has 3 rings (SSSR count). The number of methoxy groups -OCH3 is 2. The molecule has 0 aliphatic rings. The second-order valence-corrected chi connectivity index (χ2v) is 8.34. The highest BCUT2D eigenvalue weighted by molar-refractivity contribution is 7.15. The largest absolute Gasteiger partial charge is 0.493 e. The van der Waals surface area contributed by atoms with Gasteiger partial charge in [-0.25, -0.2) is 4.79 Å². The molecule has 0 spiro atoms. The summed E-state index contributed by atoms with van der Waals surface area (Å²) in [6.07, 6.45) is -0.516. The Balaban J connectivity index is 1.65. The molecule has 3 aromatic rings. The maximum absolute atomic E-state index is 11.3. The van der Waals surface area contributed by atoms with Crippen LogP contribution in [-0.4, -0.2) is 38.0 Å². The number of rotatable bonds is 11. The second-order valence-electron chi connectivity index (χ2n) is 7.21. The lowest BCUT2D eigenvalue weighted by molar-refractivity contribution is -0.149. The molecular weight excluding hydrogens is 428 g/mol. The molecule has 7 heteroatoms. The van der Waals surface area contributed by atoms with Crippen LogP contribution < -0.4 is 14.2 Å². The Morgan fingerprint density at radius 3 is 2.38 bits per heavy atom. The zero-order chi connectivity index (χ0) is 23.1. The summed E-state index contributed by atoms with van der Waals surface area (Å²) in [7, 11) is 3.25. The number of ether oxygens (including phenoxy) is 4. The quantitative estimate of drug-likeness (QED) is 0.419. The molecule has 0 radical (unpaired) electrons. The van der Waals surface area contributed by atoms with Crippen molar-refractivity contribution in [2.75, 3.05) is 20.8 Å². The van der Waals surface area contributed by atoms with Crippen LogP contribution in [0, 0.1) is 6.92 Å². The van der Waals surface area contributed by atoms with Crippen LogP contribution in [-0.2, 0) is 22.6 Å². The Kier molecular flexibility index (Phi) is 8.14. The molecule has 2 aromatic carbocycles. The molecule has 1 N–H and O–H groups in total. The number of aryl methyl sites for hydroxylation is 1. The highest BCUT2D eigenvalue weighted by atomic mass is 32.1. The SMILES string of the molecule is CCO[C@@H](Cc1ccc(OCc2sc(-c3ccc(OC)c(OC)c3)cc2C)cc1)C(=O)O. The fourth-order valence-corrected chi connectivity index (χ4v) is 4.38. The molecule has 0 fully saturated rings. The third kappa shape index (κ3) is 5.81. The second kappa shape index (κ2) is 11.0. The van der Waals surface area contributed by atoms with Crippen molar-refractivity contribution < 1.29 is 28.8 Å². The van der Waals surface area contributed by atoms with E-state index >= 15 is 0 Å². The van der Waals surface area contributed by atoms with Gasteiger partial charge >= 0.3 is 5.97 Å². The van der Waals surface area contributed by atoms with Crippen molar-refractivity contribution in [3.63, 3.8) is 0 Å². The maximum atomic E-state index is 11.3.